The minimum atomic E-state index is 0.524. The molecule has 0 saturated heterocycles. The van der Waals surface area contributed by atoms with E-state index in [1.807, 2.05) is 18.2 Å². The number of nitrogens with zero attached hydrogens (tertiary/aromatic N) is 2. The second-order valence-electron chi connectivity index (χ2n) is 4.44. The van der Waals surface area contributed by atoms with Crippen LogP contribution >= 0.6 is 11.6 Å². The largest absolute Gasteiger partial charge is 0.379 e. The van der Waals surface area contributed by atoms with Crippen molar-refractivity contribution in [3.05, 3.63) is 47.3 Å². The predicted molar refractivity (Wildman–Crippen MR) is 80.6 cm³/mol. The van der Waals surface area contributed by atoms with E-state index in [0.29, 0.717) is 5.88 Å². The van der Waals surface area contributed by atoms with E-state index < -0.39 is 0 Å². The molecule has 0 atom stereocenters. The first-order valence-electron chi connectivity index (χ1n) is 6.71. The molecule has 2 rings (SSSR count). The van der Waals surface area contributed by atoms with Crippen LogP contribution in [0.4, 0.5) is 5.69 Å². The molecular weight excluding hydrogens is 258 g/mol. The van der Waals surface area contributed by atoms with Crippen LogP contribution in [0.25, 0.3) is 0 Å². The maximum absolute atomic E-state index is 5.94. The summed E-state index contributed by atoms with van der Waals surface area (Å²) in [6, 6.07) is 10.3. The van der Waals surface area contributed by atoms with E-state index in [-0.39, 0.29) is 0 Å². The van der Waals surface area contributed by atoms with Gasteiger partial charge < -0.3 is 5.32 Å². The zero-order valence-electron chi connectivity index (χ0n) is 11.5. The second-order valence-corrected chi connectivity index (χ2v) is 4.71. The number of alkyl halides is 1. The van der Waals surface area contributed by atoms with Gasteiger partial charge in [0.05, 0.1) is 17.9 Å². The summed E-state index contributed by atoms with van der Waals surface area (Å²) in [5, 5.41) is 8.00. The van der Waals surface area contributed by atoms with Gasteiger partial charge in [0.1, 0.15) is 0 Å². The van der Waals surface area contributed by atoms with Crippen molar-refractivity contribution < 1.29 is 0 Å². The highest BCUT2D eigenvalue weighted by atomic mass is 35.5. The van der Waals surface area contributed by atoms with E-state index in [1.54, 1.807) is 0 Å². The first kappa shape index (κ1) is 13.9. The second kappa shape index (κ2) is 6.62. The average molecular weight is 278 g/mol. The summed E-state index contributed by atoms with van der Waals surface area (Å²) in [6.45, 7) is 5.91. The SMILES string of the molecule is CCc1cc(CNc2ccccc2CCl)n(CC)n1. The van der Waals surface area contributed by atoms with Gasteiger partial charge in [-0.25, -0.2) is 0 Å². The van der Waals surface area contributed by atoms with Crippen molar-refractivity contribution in [3.8, 4) is 0 Å². The van der Waals surface area contributed by atoms with Crippen molar-refractivity contribution in [2.75, 3.05) is 5.32 Å². The lowest BCUT2D eigenvalue weighted by atomic mass is 10.2. The normalized spacial score (nSPS) is 10.7. The van der Waals surface area contributed by atoms with Crippen LogP contribution in [0, 0.1) is 0 Å². The Labute approximate surface area is 119 Å². The van der Waals surface area contributed by atoms with Crippen LogP contribution < -0.4 is 5.32 Å². The summed E-state index contributed by atoms with van der Waals surface area (Å²) in [7, 11) is 0. The summed E-state index contributed by atoms with van der Waals surface area (Å²) in [6.07, 6.45) is 0.971. The Morgan fingerprint density at radius 3 is 2.74 bits per heavy atom. The van der Waals surface area contributed by atoms with Gasteiger partial charge in [-0.2, -0.15) is 5.10 Å². The van der Waals surface area contributed by atoms with Crippen LogP contribution in [0.15, 0.2) is 30.3 Å². The van der Waals surface area contributed by atoms with Gasteiger partial charge in [0.25, 0.3) is 0 Å². The van der Waals surface area contributed by atoms with Gasteiger partial charge >= 0.3 is 0 Å². The summed E-state index contributed by atoms with van der Waals surface area (Å²) in [5.74, 6) is 0.524. The summed E-state index contributed by atoms with van der Waals surface area (Å²) < 4.78 is 2.05. The van der Waals surface area contributed by atoms with Crippen LogP contribution in [-0.4, -0.2) is 9.78 Å². The molecule has 1 aromatic carbocycles. The standard InChI is InChI=1S/C15H20ClN3/c1-3-13-9-14(19(4-2)18-13)11-17-15-8-6-5-7-12(15)10-16/h5-9,17H,3-4,10-11H2,1-2H3. The summed E-state index contributed by atoms with van der Waals surface area (Å²) in [4.78, 5) is 0. The van der Waals surface area contributed by atoms with Gasteiger partial charge in [-0.15, -0.1) is 11.6 Å². The van der Waals surface area contributed by atoms with Crippen LogP contribution in [0.5, 0.6) is 0 Å². The maximum atomic E-state index is 5.94. The van der Waals surface area contributed by atoms with Gasteiger partial charge in [0, 0.05) is 18.1 Å². The van der Waals surface area contributed by atoms with Crippen molar-refractivity contribution in [1.82, 2.24) is 9.78 Å². The molecule has 0 aliphatic carbocycles. The molecule has 0 spiro atoms. The highest BCUT2D eigenvalue weighted by Crippen LogP contribution is 2.18. The van der Waals surface area contributed by atoms with Gasteiger partial charge in [0.15, 0.2) is 0 Å². The van der Waals surface area contributed by atoms with E-state index in [1.165, 1.54) is 5.69 Å². The Hall–Kier alpha value is -1.48. The number of aromatic nitrogens is 2. The molecule has 102 valence electrons. The molecule has 19 heavy (non-hydrogen) atoms. The molecule has 4 heteroatoms. The average Bonchev–Trinajstić information content (AvgIpc) is 2.87. The fourth-order valence-corrected chi connectivity index (χ4v) is 2.33. The third-order valence-electron chi connectivity index (χ3n) is 3.20. The van der Waals surface area contributed by atoms with E-state index in [4.69, 9.17) is 11.6 Å². The van der Waals surface area contributed by atoms with Crippen LogP contribution in [0.3, 0.4) is 0 Å². The highest BCUT2D eigenvalue weighted by molar-refractivity contribution is 6.17. The molecule has 2 aromatic rings. The number of benzene rings is 1. The number of nitrogens with one attached hydrogen (secondary N) is 1. The number of rotatable bonds is 6. The number of halogens is 1. The summed E-state index contributed by atoms with van der Waals surface area (Å²) in [5.41, 5.74) is 4.58. The molecule has 1 N–H and O–H groups in total. The van der Waals surface area contributed by atoms with Gasteiger partial charge in [-0.1, -0.05) is 25.1 Å². The first-order chi connectivity index (χ1) is 9.28. The lowest BCUT2D eigenvalue weighted by molar-refractivity contribution is 0.619. The number of para-hydroxylation sites is 1. The molecule has 1 aromatic heterocycles. The summed E-state index contributed by atoms with van der Waals surface area (Å²) >= 11 is 5.94. The van der Waals surface area contributed by atoms with Gasteiger partial charge in [-0.05, 0) is 31.0 Å². The molecule has 0 unspecified atom stereocenters. The Kier molecular flexibility index (Phi) is 4.86. The smallest absolute Gasteiger partial charge is 0.0625 e. The predicted octanol–water partition coefficient (Wildman–Crippen LogP) is 3.82. The number of hydrogen-bond acceptors (Lipinski definition) is 2. The van der Waals surface area contributed by atoms with E-state index in [0.717, 1.165) is 36.5 Å². The number of anilines is 1. The van der Waals surface area contributed by atoms with Crippen LogP contribution in [0.1, 0.15) is 30.8 Å². The number of aryl methyl sites for hydroxylation is 2. The minimum absolute atomic E-state index is 0.524. The van der Waals surface area contributed by atoms with E-state index in [9.17, 15) is 0 Å². The monoisotopic (exact) mass is 277 g/mol. The highest BCUT2D eigenvalue weighted by Gasteiger charge is 2.06. The zero-order valence-corrected chi connectivity index (χ0v) is 12.2. The Balaban J connectivity index is 2.11. The molecule has 0 bridgehead atoms. The molecule has 0 radical (unpaired) electrons. The lowest BCUT2D eigenvalue weighted by Gasteiger charge is -2.11. The molecule has 3 nitrogen and oxygen atoms in total. The molecule has 1 heterocycles. The topological polar surface area (TPSA) is 29.9 Å². The third kappa shape index (κ3) is 3.29. The molecular formula is C15H20ClN3. The van der Waals surface area contributed by atoms with Gasteiger partial charge in [-0.3, -0.25) is 4.68 Å². The maximum Gasteiger partial charge on any atom is 0.0625 e. The van der Waals surface area contributed by atoms with Crippen molar-refractivity contribution >= 4 is 17.3 Å². The van der Waals surface area contributed by atoms with Gasteiger partial charge in [0.2, 0.25) is 0 Å². The van der Waals surface area contributed by atoms with Crippen molar-refractivity contribution in [1.29, 1.82) is 0 Å². The Morgan fingerprint density at radius 1 is 1.26 bits per heavy atom. The third-order valence-corrected chi connectivity index (χ3v) is 3.48. The van der Waals surface area contributed by atoms with E-state index >= 15 is 0 Å². The van der Waals surface area contributed by atoms with Crippen LogP contribution in [-0.2, 0) is 25.4 Å². The first-order valence-corrected chi connectivity index (χ1v) is 7.25. The minimum Gasteiger partial charge on any atom is -0.379 e. The zero-order chi connectivity index (χ0) is 13.7. The molecule has 0 saturated carbocycles. The lowest BCUT2D eigenvalue weighted by Crippen LogP contribution is -2.08. The fourth-order valence-electron chi connectivity index (χ4n) is 2.10. The van der Waals surface area contributed by atoms with Crippen molar-refractivity contribution in [3.63, 3.8) is 0 Å². The molecule has 0 amide bonds. The Bertz CT molecular complexity index is 534. The van der Waals surface area contributed by atoms with Crippen LogP contribution in [0.2, 0.25) is 0 Å². The Morgan fingerprint density at radius 2 is 2.05 bits per heavy atom. The molecule has 0 aliphatic heterocycles. The quantitative estimate of drug-likeness (QED) is 0.814. The fraction of sp³-hybridized carbons (Fsp3) is 0.400. The molecule has 0 aliphatic rings. The van der Waals surface area contributed by atoms with Crippen molar-refractivity contribution in [2.24, 2.45) is 0 Å². The van der Waals surface area contributed by atoms with Crippen molar-refractivity contribution in [2.45, 2.75) is 39.2 Å². The van der Waals surface area contributed by atoms with E-state index in [2.05, 4.69) is 41.1 Å². The molecule has 0 fully saturated rings. The number of hydrogen-bond donors (Lipinski definition) is 1.